The van der Waals surface area contributed by atoms with Gasteiger partial charge in [0.05, 0.1) is 18.8 Å². The maximum absolute atomic E-state index is 13.6. The number of benzene rings is 1. The fraction of sp³-hybridized carbons (Fsp3) is 0.367. The highest BCUT2D eigenvalue weighted by Crippen LogP contribution is 2.36. The molecule has 0 fully saturated rings. The van der Waals surface area contributed by atoms with E-state index < -0.39 is 23.5 Å². The Bertz CT molecular complexity index is 1560. The number of carbonyl (C=O) groups excluding carboxylic acids is 1. The van der Waals surface area contributed by atoms with Crippen molar-refractivity contribution < 1.29 is 18.0 Å². The zero-order chi connectivity index (χ0) is 32.3. The number of alkyl halides is 3. The molecule has 0 aliphatic carbocycles. The first kappa shape index (κ1) is 33.8. The number of rotatable bonds is 10. The maximum atomic E-state index is 13.6. The molecule has 3 heterocycles. The molecular formula is C30H38F3N9O2. The number of amides is 1. The van der Waals surface area contributed by atoms with Crippen molar-refractivity contribution in [2.45, 2.75) is 39.3 Å². The molecule has 2 aromatic heterocycles. The Morgan fingerprint density at radius 2 is 2.02 bits per heavy atom. The van der Waals surface area contributed by atoms with Crippen LogP contribution in [-0.2, 0) is 19.0 Å². The minimum Gasteiger partial charge on any atom is -0.350 e. The highest BCUT2D eigenvalue weighted by molar-refractivity contribution is 5.96. The topological polar surface area (TPSA) is 127 Å². The van der Waals surface area contributed by atoms with Crippen molar-refractivity contribution in [1.29, 1.82) is 0 Å². The number of aromatic amines is 2. The lowest BCUT2D eigenvalue weighted by Crippen LogP contribution is -2.35. The Kier molecular flexibility index (Phi) is 12.0. The van der Waals surface area contributed by atoms with Gasteiger partial charge < -0.3 is 15.1 Å². The number of likely N-dealkylation sites (N-methyl/N-ethyl adjacent to an activating group) is 1. The summed E-state index contributed by atoms with van der Waals surface area (Å²) in [7, 11) is 4.02. The standard InChI is InChI=1S/C20H19F3N6O2.C10H19N3/c1-2-3-8-28-9-7-14-16(18(28)30)29(27-17(14)20(21,22)23)13-6-4-5-12(10-13)11-15-24-19(31)26-25-15;1-5-7-8-12-10(11-6-2)9-13(3)4/h3-6,8,10H,2,7,9,11H2,1H3,(H2,24,25,26,31);5-7H,2,8-9H2,1,3-4H3,(H,11,12)/b8-3+;7-5-. The van der Waals surface area contributed by atoms with E-state index in [0.29, 0.717) is 23.5 Å². The van der Waals surface area contributed by atoms with Crippen molar-refractivity contribution in [3.63, 3.8) is 0 Å². The second-order valence-electron chi connectivity index (χ2n) is 10.0. The van der Waals surface area contributed by atoms with E-state index in [9.17, 15) is 22.8 Å². The lowest BCUT2D eigenvalue weighted by atomic mass is 10.0. The average molecular weight is 614 g/mol. The van der Waals surface area contributed by atoms with Gasteiger partial charge in [0.25, 0.3) is 5.91 Å². The van der Waals surface area contributed by atoms with Crippen LogP contribution in [0.25, 0.3) is 5.69 Å². The van der Waals surface area contributed by atoms with Gasteiger partial charge >= 0.3 is 11.9 Å². The van der Waals surface area contributed by atoms with Gasteiger partial charge in [-0.1, -0.05) is 43.9 Å². The van der Waals surface area contributed by atoms with Crippen molar-refractivity contribution >= 4 is 11.7 Å². The lowest BCUT2D eigenvalue weighted by Gasteiger charge is -2.24. The average Bonchev–Trinajstić information content (AvgIpc) is 3.57. The smallest absolute Gasteiger partial charge is 0.350 e. The molecule has 1 amide bonds. The fourth-order valence-corrected chi connectivity index (χ4v) is 4.37. The number of hydrogen-bond donors (Lipinski definition) is 3. The highest BCUT2D eigenvalue weighted by atomic mass is 19.4. The minimum absolute atomic E-state index is 0.0537. The largest absolute Gasteiger partial charge is 0.435 e. The van der Waals surface area contributed by atoms with Crippen molar-refractivity contribution in [3.8, 4) is 5.69 Å². The summed E-state index contributed by atoms with van der Waals surface area (Å²) in [6.07, 6.45) is 5.35. The van der Waals surface area contributed by atoms with E-state index in [-0.39, 0.29) is 30.6 Å². The van der Waals surface area contributed by atoms with Gasteiger partial charge in [-0.3, -0.25) is 14.8 Å². The molecule has 0 spiro atoms. The van der Waals surface area contributed by atoms with Gasteiger partial charge in [0.1, 0.15) is 17.4 Å². The first-order valence-corrected chi connectivity index (χ1v) is 14.0. The summed E-state index contributed by atoms with van der Waals surface area (Å²) in [4.78, 5) is 34.6. The predicted molar refractivity (Wildman–Crippen MR) is 164 cm³/mol. The Morgan fingerprint density at radius 3 is 2.64 bits per heavy atom. The van der Waals surface area contributed by atoms with Gasteiger partial charge in [0.15, 0.2) is 5.69 Å². The molecule has 0 atom stereocenters. The van der Waals surface area contributed by atoms with Crippen LogP contribution < -0.4 is 11.0 Å². The van der Waals surface area contributed by atoms with Crippen molar-refractivity contribution in [2.24, 2.45) is 4.99 Å². The van der Waals surface area contributed by atoms with E-state index in [1.807, 2.05) is 40.1 Å². The number of carbonyl (C=O) groups is 1. The molecule has 3 aromatic rings. The summed E-state index contributed by atoms with van der Waals surface area (Å²) < 4.78 is 42.0. The van der Waals surface area contributed by atoms with Crippen LogP contribution in [0.3, 0.4) is 0 Å². The van der Waals surface area contributed by atoms with E-state index in [4.69, 9.17) is 0 Å². The van der Waals surface area contributed by atoms with Gasteiger partial charge in [-0.25, -0.2) is 14.6 Å². The highest BCUT2D eigenvalue weighted by Gasteiger charge is 2.42. The Morgan fingerprint density at radius 1 is 1.25 bits per heavy atom. The second-order valence-corrected chi connectivity index (χ2v) is 10.0. The van der Waals surface area contributed by atoms with E-state index in [2.05, 4.69) is 42.1 Å². The number of aliphatic imine (C=N–C) groups is 1. The fourth-order valence-electron chi connectivity index (χ4n) is 4.37. The zero-order valence-electron chi connectivity index (χ0n) is 25.3. The molecule has 4 rings (SSSR count). The molecule has 0 bridgehead atoms. The van der Waals surface area contributed by atoms with Crippen LogP contribution in [0.5, 0.6) is 0 Å². The normalized spacial score (nSPS) is 13.9. The van der Waals surface area contributed by atoms with Crippen molar-refractivity contribution in [2.75, 3.05) is 33.7 Å². The number of allylic oxidation sites excluding steroid dienone is 2. The summed E-state index contributed by atoms with van der Waals surface area (Å²) in [5, 5.41) is 12.9. The van der Waals surface area contributed by atoms with Crippen LogP contribution >= 0.6 is 0 Å². The Balaban J connectivity index is 0.000000345. The number of fused-ring (bicyclic) bond motifs is 1. The monoisotopic (exact) mass is 613 g/mol. The zero-order valence-corrected chi connectivity index (χ0v) is 25.3. The Labute approximate surface area is 253 Å². The lowest BCUT2D eigenvalue weighted by molar-refractivity contribution is -0.142. The molecule has 1 aliphatic heterocycles. The molecule has 0 saturated heterocycles. The molecule has 0 saturated carbocycles. The van der Waals surface area contributed by atoms with Crippen LogP contribution in [0.4, 0.5) is 13.2 Å². The number of halogens is 3. The van der Waals surface area contributed by atoms with E-state index in [0.717, 1.165) is 23.6 Å². The van der Waals surface area contributed by atoms with Gasteiger partial charge in [-0.2, -0.15) is 23.4 Å². The molecule has 0 radical (unpaired) electrons. The maximum Gasteiger partial charge on any atom is 0.435 e. The summed E-state index contributed by atoms with van der Waals surface area (Å²) in [6.45, 7) is 9.19. The summed E-state index contributed by atoms with van der Waals surface area (Å²) >= 11 is 0. The Hall–Kier alpha value is -4.72. The number of aromatic nitrogens is 5. The summed E-state index contributed by atoms with van der Waals surface area (Å²) in [6, 6.07) is 6.60. The minimum atomic E-state index is -4.68. The third-order valence-electron chi connectivity index (χ3n) is 6.27. The van der Waals surface area contributed by atoms with Crippen LogP contribution in [0.2, 0.25) is 0 Å². The van der Waals surface area contributed by atoms with Gasteiger partial charge in [0, 0.05) is 24.7 Å². The first-order valence-electron chi connectivity index (χ1n) is 14.0. The van der Waals surface area contributed by atoms with E-state index >= 15 is 0 Å². The van der Waals surface area contributed by atoms with Crippen LogP contribution in [0.15, 0.2) is 71.3 Å². The van der Waals surface area contributed by atoms with Crippen LogP contribution in [-0.4, -0.2) is 80.2 Å². The molecule has 1 aliphatic rings. The summed E-state index contributed by atoms with van der Waals surface area (Å²) in [5.74, 6) is 0.793. The number of amidine groups is 1. The van der Waals surface area contributed by atoms with Crippen LogP contribution in [0.1, 0.15) is 53.4 Å². The van der Waals surface area contributed by atoms with E-state index in [1.54, 1.807) is 42.7 Å². The number of H-pyrrole nitrogens is 2. The second kappa shape index (κ2) is 15.7. The number of nitrogens with zero attached hydrogens (tertiary/aromatic N) is 6. The molecule has 14 heteroatoms. The molecule has 0 unspecified atom stereocenters. The van der Waals surface area contributed by atoms with Gasteiger partial charge in [0.2, 0.25) is 0 Å². The molecule has 11 nitrogen and oxygen atoms in total. The number of hydrogen-bond acceptors (Lipinski definition) is 6. The molecule has 236 valence electrons. The van der Waals surface area contributed by atoms with Gasteiger partial charge in [-0.05, 0) is 57.8 Å². The van der Waals surface area contributed by atoms with Crippen molar-refractivity contribution in [1.82, 2.24) is 40.1 Å². The first-order chi connectivity index (χ1) is 21.0. The van der Waals surface area contributed by atoms with Crippen LogP contribution in [0, 0.1) is 0 Å². The molecule has 44 heavy (non-hydrogen) atoms. The van der Waals surface area contributed by atoms with E-state index in [1.165, 1.54) is 4.90 Å². The number of nitrogens with one attached hydrogen (secondary N) is 3. The van der Waals surface area contributed by atoms with Gasteiger partial charge in [-0.15, -0.1) is 0 Å². The predicted octanol–water partition coefficient (Wildman–Crippen LogP) is 4.07. The molecular weight excluding hydrogens is 575 g/mol. The SMILES string of the molecule is C=CNC(CN(C)C)=NC/C=C\C.CC/C=C/N1CCc2c(C(F)(F)F)nn(-c3cccc(Cc4n[nH]c(=O)[nH]4)c3)c2C1=O. The molecule has 1 aromatic carbocycles. The third-order valence-corrected chi connectivity index (χ3v) is 6.27. The molecule has 3 N–H and O–H groups in total. The van der Waals surface area contributed by atoms with Crippen molar-refractivity contribution in [3.05, 3.63) is 100 Å². The quantitative estimate of drug-likeness (QED) is 0.180. The summed E-state index contributed by atoms with van der Waals surface area (Å²) in [5.41, 5.74) is -0.684. The third kappa shape index (κ3) is 9.14.